The minimum Gasteiger partial charge on any atom is -0.507 e. The van der Waals surface area contributed by atoms with E-state index in [1.807, 2.05) is 0 Å². The second-order valence-electron chi connectivity index (χ2n) is 9.07. The molecular weight excluding hydrogens is 316 g/mol. The fourth-order valence-electron chi connectivity index (χ4n) is 3.34. The number of benzene rings is 2. The average Bonchev–Trinajstić information content (AvgIpc) is 2.57. The van der Waals surface area contributed by atoms with Crippen LogP contribution >= 0.6 is 0 Å². The van der Waals surface area contributed by atoms with Gasteiger partial charge in [0.2, 0.25) is 0 Å². The van der Waals surface area contributed by atoms with E-state index in [9.17, 15) is 5.11 Å². The molecule has 1 heteroatoms. The molecule has 0 spiro atoms. The van der Waals surface area contributed by atoms with Crippen LogP contribution in [0.2, 0.25) is 0 Å². The second kappa shape index (κ2) is 7.47. The van der Waals surface area contributed by atoms with Crippen molar-refractivity contribution in [3.05, 3.63) is 63.7 Å². The van der Waals surface area contributed by atoms with Crippen molar-refractivity contribution in [2.45, 2.75) is 85.5 Å². The largest absolute Gasteiger partial charge is 0.507 e. The zero-order chi connectivity index (χ0) is 19.7. The molecule has 0 aromatic heterocycles. The number of phenolic OH excluding ortho intramolecular Hbond substituents is 1. The van der Waals surface area contributed by atoms with Crippen LogP contribution in [0.4, 0.5) is 0 Å². The van der Waals surface area contributed by atoms with Gasteiger partial charge in [-0.1, -0.05) is 76.9 Å². The van der Waals surface area contributed by atoms with Gasteiger partial charge in [0.15, 0.2) is 0 Å². The number of rotatable bonds is 6. The second-order valence-corrected chi connectivity index (χ2v) is 9.07. The lowest BCUT2D eigenvalue weighted by Gasteiger charge is -2.27. The Labute approximate surface area is 160 Å². The van der Waals surface area contributed by atoms with Gasteiger partial charge >= 0.3 is 0 Å². The maximum Gasteiger partial charge on any atom is 0.122 e. The van der Waals surface area contributed by atoms with E-state index in [-0.39, 0.29) is 10.8 Å². The average molecular weight is 352 g/mol. The molecule has 2 aromatic rings. The predicted molar refractivity (Wildman–Crippen MR) is 112 cm³/mol. The van der Waals surface area contributed by atoms with Crippen molar-refractivity contribution in [1.29, 1.82) is 0 Å². The first kappa shape index (κ1) is 20.6. The highest BCUT2D eigenvalue weighted by molar-refractivity contribution is 5.49. The minimum atomic E-state index is -0.0312. The van der Waals surface area contributed by atoms with E-state index < -0.39 is 0 Å². The van der Waals surface area contributed by atoms with Crippen LogP contribution in [0, 0.1) is 19.9 Å². The Balaban J connectivity index is 2.50. The van der Waals surface area contributed by atoms with Gasteiger partial charge in [-0.2, -0.15) is 0 Å². The van der Waals surface area contributed by atoms with Gasteiger partial charge < -0.3 is 5.11 Å². The first-order valence-electron chi connectivity index (χ1n) is 9.86. The van der Waals surface area contributed by atoms with Crippen molar-refractivity contribution in [2.75, 3.05) is 0 Å². The van der Waals surface area contributed by atoms with E-state index in [1.54, 1.807) is 0 Å². The molecule has 0 atom stereocenters. The molecule has 0 saturated carbocycles. The van der Waals surface area contributed by atoms with Gasteiger partial charge in [-0.15, -0.1) is 0 Å². The molecule has 1 N–H and O–H groups in total. The first-order valence-corrected chi connectivity index (χ1v) is 9.86. The monoisotopic (exact) mass is 351 g/mol. The molecule has 0 saturated heterocycles. The number of aromatic hydroxyl groups is 1. The molecule has 2 aromatic carbocycles. The van der Waals surface area contributed by atoms with Crippen molar-refractivity contribution in [3.8, 4) is 5.75 Å². The molecule has 0 bridgehead atoms. The first-order chi connectivity index (χ1) is 12.0. The van der Waals surface area contributed by atoms with Crippen LogP contribution < -0.4 is 0 Å². The van der Waals surface area contributed by atoms with Crippen LogP contribution in [-0.2, 0) is 17.3 Å². The molecule has 0 aliphatic carbocycles. The lowest BCUT2D eigenvalue weighted by Crippen LogP contribution is -2.17. The number of hydrogen-bond acceptors (Lipinski definition) is 1. The highest BCUT2D eigenvalue weighted by atomic mass is 16.3. The van der Waals surface area contributed by atoms with Crippen LogP contribution in [-0.4, -0.2) is 5.11 Å². The Kier molecular flexibility index (Phi) is 5.90. The summed E-state index contributed by atoms with van der Waals surface area (Å²) in [6.07, 6.45) is 2.79. The van der Waals surface area contributed by atoms with Crippen LogP contribution in [0.25, 0.3) is 0 Å². The third-order valence-electron chi connectivity index (χ3n) is 6.01. The van der Waals surface area contributed by atoms with Crippen LogP contribution in [0.1, 0.15) is 87.8 Å². The maximum atomic E-state index is 11.0. The van der Waals surface area contributed by atoms with E-state index in [0.29, 0.717) is 5.75 Å². The SMILES string of the molecule is CCC(C)(C)c1[c]c(Cc2cc(C)cc(C(C)(C)CC)c2O)cc(C)c1. The number of hydrogen-bond donors (Lipinski definition) is 1. The summed E-state index contributed by atoms with van der Waals surface area (Å²) >= 11 is 0. The van der Waals surface area contributed by atoms with E-state index in [1.165, 1.54) is 16.7 Å². The van der Waals surface area contributed by atoms with Crippen molar-refractivity contribution in [1.82, 2.24) is 0 Å². The van der Waals surface area contributed by atoms with Gasteiger partial charge in [-0.3, -0.25) is 0 Å². The molecule has 0 fully saturated rings. The number of aryl methyl sites for hydroxylation is 2. The molecular formula is C25H35O. The van der Waals surface area contributed by atoms with Gasteiger partial charge in [0.1, 0.15) is 5.75 Å². The van der Waals surface area contributed by atoms with E-state index in [0.717, 1.165) is 36.0 Å². The summed E-state index contributed by atoms with van der Waals surface area (Å²) in [7, 11) is 0. The molecule has 141 valence electrons. The Hall–Kier alpha value is -1.76. The topological polar surface area (TPSA) is 20.2 Å². The fraction of sp³-hybridized carbons (Fsp3) is 0.520. The Morgan fingerprint density at radius 2 is 1.42 bits per heavy atom. The van der Waals surface area contributed by atoms with Gasteiger partial charge in [-0.05, 0) is 60.3 Å². The summed E-state index contributed by atoms with van der Waals surface area (Å²) in [6.45, 7) is 17.6. The van der Waals surface area contributed by atoms with Gasteiger partial charge in [0.05, 0.1) is 0 Å². The molecule has 2 rings (SSSR count). The van der Waals surface area contributed by atoms with Crippen molar-refractivity contribution < 1.29 is 5.11 Å². The van der Waals surface area contributed by atoms with Crippen LogP contribution in [0.3, 0.4) is 0 Å². The van der Waals surface area contributed by atoms with Crippen LogP contribution in [0.5, 0.6) is 5.75 Å². The zero-order valence-electron chi connectivity index (χ0n) is 17.9. The summed E-state index contributed by atoms with van der Waals surface area (Å²) in [6, 6.07) is 12.3. The lowest BCUT2D eigenvalue weighted by atomic mass is 9.79. The molecule has 0 heterocycles. The third kappa shape index (κ3) is 4.31. The standard InChI is InChI=1S/C25H35O/c1-9-24(5,6)21-13-17(3)11-19(16-21)15-20-12-18(4)14-22(23(20)26)25(7,8)10-2/h11-14,26H,9-10,15H2,1-8H3. The highest BCUT2D eigenvalue weighted by Gasteiger charge is 2.24. The maximum absolute atomic E-state index is 11.0. The highest BCUT2D eigenvalue weighted by Crippen LogP contribution is 2.38. The van der Waals surface area contributed by atoms with E-state index in [2.05, 4.69) is 85.7 Å². The predicted octanol–water partition coefficient (Wildman–Crippen LogP) is 6.78. The fourth-order valence-corrected chi connectivity index (χ4v) is 3.34. The molecule has 0 unspecified atom stereocenters. The molecule has 0 aliphatic heterocycles. The van der Waals surface area contributed by atoms with E-state index in [4.69, 9.17) is 0 Å². The van der Waals surface area contributed by atoms with Crippen molar-refractivity contribution in [3.63, 3.8) is 0 Å². The smallest absolute Gasteiger partial charge is 0.122 e. The van der Waals surface area contributed by atoms with Gasteiger partial charge in [-0.25, -0.2) is 0 Å². The van der Waals surface area contributed by atoms with Gasteiger partial charge in [0.25, 0.3) is 0 Å². The van der Waals surface area contributed by atoms with E-state index >= 15 is 0 Å². The van der Waals surface area contributed by atoms with Crippen molar-refractivity contribution in [2.24, 2.45) is 0 Å². The van der Waals surface area contributed by atoms with Crippen molar-refractivity contribution >= 4 is 0 Å². The summed E-state index contributed by atoms with van der Waals surface area (Å²) in [4.78, 5) is 0. The molecule has 1 radical (unpaired) electrons. The molecule has 1 nitrogen and oxygen atoms in total. The molecule has 26 heavy (non-hydrogen) atoms. The Morgan fingerprint density at radius 3 is 2.00 bits per heavy atom. The number of phenols is 1. The van der Waals surface area contributed by atoms with Crippen LogP contribution in [0.15, 0.2) is 24.3 Å². The summed E-state index contributed by atoms with van der Waals surface area (Å²) in [5.74, 6) is 0.452. The summed E-state index contributed by atoms with van der Waals surface area (Å²) in [5.41, 5.74) is 7.02. The minimum absolute atomic E-state index is 0.0312. The molecule has 0 aliphatic rings. The quantitative estimate of drug-likeness (QED) is 0.608. The lowest BCUT2D eigenvalue weighted by molar-refractivity contribution is 0.424. The molecule has 0 amide bonds. The third-order valence-corrected chi connectivity index (χ3v) is 6.01. The summed E-state index contributed by atoms with van der Waals surface area (Å²) < 4.78 is 0. The zero-order valence-corrected chi connectivity index (χ0v) is 17.9. The summed E-state index contributed by atoms with van der Waals surface area (Å²) in [5, 5.41) is 11.0. The normalized spacial score (nSPS) is 12.5. The Morgan fingerprint density at radius 1 is 0.846 bits per heavy atom. The van der Waals surface area contributed by atoms with Gasteiger partial charge in [0, 0.05) is 12.0 Å². The Bertz CT molecular complexity index is 781.